The molecule has 0 spiro atoms. The number of hydrogen-bond acceptors (Lipinski definition) is 3. The van der Waals surface area contributed by atoms with Crippen molar-refractivity contribution in [3.05, 3.63) is 23.1 Å². The van der Waals surface area contributed by atoms with Crippen LogP contribution in [0.15, 0.2) is 11.6 Å². The molecular weight excluding hydrogens is 369 g/mol. The van der Waals surface area contributed by atoms with E-state index < -0.39 is 0 Å². The normalized spacial score (nSPS) is 12.9. The number of thioether (sulfide) groups is 1. The van der Waals surface area contributed by atoms with Crippen molar-refractivity contribution in [3.63, 3.8) is 0 Å². The van der Waals surface area contributed by atoms with Crippen LogP contribution in [0.2, 0.25) is 0 Å². The lowest BCUT2D eigenvalue weighted by atomic mass is 10.0. The molecule has 0 radical (unpaired) electrons. The predicted octanol–water partition coefficient (Wildman–Crippen LogP) is 4.63. The fourth-order valence-corrected chi connectivity index (χ4v) is 2.61. The largest absolute Gasteiger partial charge is 0.236 e. The van der Waals surface area contributed by atoms with Crippen LogP contribution in [-0.4, -0.2) is 15.3 Å². The van der Waals surface area contributed by atoms with E-state index in [0.29, 0.717) is 11.2 Å². The molecular formula is C14H20IN3S. The zero-order valence-electron chi connectivity index (χ0n) is 12.1. The summed E-state index contributed by atoms with van der Waals surface area (Å²) in [7, 11) is 0. The van der Waals surface area contributed by atoms with E-state index in [2.05, 4.69) is 68.4 Å². The number of aromatic nitrogens is 2. The molecule has 0 N–H and O–H groups in total. The fraction of sp³-hybridized carbons (Fsp3) is 0.571. The van der Waals surface area contributed by atoms with Gasteiger partial charge in [-0.2, -0.15) is 5.26 Å². The first-order valence-electron chi connectivity index (χ1n) is 6.10. The number of halogens is 1. The molecule has 0 unspecified atom stereocenters. The van der Waals surface area contributed by atoms with E-state index >= 15 is 0 Å². The third-order valence-corrected chi connectivity index (χ3v) is 4.24. The molecule has 0 fully saturated rings. The highest BCUT2D eigenvalue weighted by molar-refractivity contribution is 14.1. The van der Waals surface area contributed by atoms with Crippen molar-refractivity contribution >= 4 is 40.4 Å². The van der Waals surface area contributed by atoms with Crippen molar-refractivity contribution in [2.75, 3.05) is 5.75 Å². The Balaban J connectivity index is 2.84. The summed E-state index contributed by atoms with van der Waals surface area (Å²) < 4.78 is 1.49. The summed E-state index contributed by atoms with van der Waals surface area (Å²) >= 11 is 4.06. The summed E-state index contributed by atoms with van der Waals surface area (Å²) in [5, 5.41) is 11.3. The minimum Gasteiger partial charge on any atom is -0.236 e. The van der Waals surface area contributed by atoms with Crippen LogP contribution in [-0.2, 0) is 3.42 Å². The highest BCUT2D eigenvalue weighted by Gasteiger charge is 2.22. The van der Waals surface area contributed by atoms with Gasteiger partial charge in [-0.3, -0.25) is 0 Å². The summed E-state index contributed by atoms with van der Waals surface area (Å²) in [6.07, 6.45) is 5.89. The number of hydrogen-bond donors (Lipinski definition) is 0. The van der Waals surface area contributed by atoms with Crippen LogP contribution in [0.1, 0.15) is 46.1 Å². The molecule has 1 aromatic heterocycles. The third-order valence-electron chi connectivity index (χ3n) is 2.33. The Morgan fingerprint density at radius 1 is 1.42 bits per heavy atom. The van der Waals surface area contributed by atoms with Gasteiger partial charge in [0.25, 0.3) is 0 Å². The second-order valence-corrected chi connectivity index (χ2v) is 9.67. The molecule has 0 saturated carbocycles. The lowest BCUT2D eigenvalue weighted by Crippen LogP contribution is -2.12. The summed E-state index contributed by atoms with van der Waals surface area (Å²) in [5.74, 6) is 1.74. The van der Waals surface area contributed by atoms with Crippen LogP contribution in [0, 0.1) is 16.9 Å². The SMILES string of the molecule is CC(C)(C)CS/C=C/c1ncc(C(C)(C)I)n1C#N. The number of rotatable bonds is 4. The van der Waals surface area contributed by atoms with Crippen LogP contribution >= 0.6 is 34.4 Å². The van der Waals surface area contributed by atoms with Gasteiger partial charge in [-0.25, -0.2) is 9.55 Å². The minimum atomic E-state index is -0.106. The average molecular weight is 389 g/mol. The van der Waals surface area contributed by atoms with Crippen LogP contribution in [0.5, 0.6) is 0 Å². The summed E-state index contributed by atoms with van der Waals surface area (Å²) in [6.45, 7) is 10.8. The van der Waals surface area contributed by atoms with Gasteiger partial charge >= 0.3 is 0 Å². The maximum atomic E-state index is 9.27. The van der Waals surface area contributed by atoms with Crippen molar-refractivity contribution in [3.8, 4) is 6.19 Å². The Morgan fingerprint density at radius 3 is 2.53 bits per heavy atom. The van der Waals surface area contributed by atoms with E-state index in [9.17, 15) is 5.26 Å². The molecule has 0 atom stereocenters. The van der Waals surface area contributed by atoms with Crippen molar-refractivity contribution in [2.45, 2.75) is 38.0 Å². The molecule has 104 valence electrons. The fourth-order valence-electron chi connectivity index (χ4n) is 1.42. The summed E-state index contributed by atoms with van der Waals surface area (Å²) in [4.78, 5) is 4.32. The molecule has 0 aromatic carbocycles. The molecule has 0 aliphatic rings. The van der Waals surface area contributed by atoms with Crippen LogP contribution in [0.3, 0.4) is 0 Å². The van der Waals surface area contributed by atoms with Gasteiger partial charge in [-0.05, 0) is 30.7 Å². The van der Waals surface area contributed by atoms with E-state index in [1.807, 2.05) is 11.5 Å². The highest BCUT2D eigenvalue weighted by Crippen LogP contribution is 2.31. The maximum Gasteiger partial charge on any atom is 0.190 e. The molecule has 0 aliphatic heterocycles. The van der Waals surface area contributed by atoms with Gasteiger partial charge in [0.2, 0.25) is 0 Å². The molecule has 1 rings (SSSR count). The Morgan fingerprint density at radius 2 is 2.05 bits per heavy atom. The lowest BCUT2D eigenvalue weighted by molar-refractivity contribution is 0.481. The van der Waals surface area contributed by atoms with E-state index in [1.54, 1.807) is 22.5 Å². The minimum absolute atomic E-state index is 0.106. The second-order valence-electron chi connectivity index (χ2n) is 6.08. The Kier molecular flexibility index (Phi) is 5.51. The standard InChI is InChI=1S/C14H20IN3S/c1-13(2,3)9-19-7-6-12-17-8-11(14(4,5)15)18(12)10-16/h6-8H,9H2,1-5H3/b7-6+. The topological polar surface area (TPSA) is 41.6 Å². The molecule has 3 nitrogen and oxygen atoms in total. The number of nitrogens with zero attached hydrogens (tertiary/aromatic N) is 3. The first-order valence-corrected chi connectivity index (χ1v) is 8.23. The van der Waals surface area contributed by atoms with E-state index in [4.69, 9.17) is 0 Å². The zero-order valence-corrected chi connectivity index (χ0v) is 15.0. The lowest BCUT2D eigenvalue weighted by Gasteiger charge is -2.15. The van der Waals surface area contributed by atoms with Gasteiger partial charge in [0, 0.05) is 5.75 Å². The van der Waals surface area contributed by atoms with E-state index in [1.165, 1.54) is 0 Å². The van der Waals surface area contributed by atoms with Crippen LogP contribution < -0.4 is 0 Å². The first kappa shape index (κ1) is 16.6. The van der Waals surface area contributed by atoms with Crippen LogP contribution in [0.4, 0.5) is 0 Å². The van der Waals surface area contributed by atoms with Crippen molar-refractivity contribution in [1.82, 2.24) is 9.55 Å². The highest BCUT2D eigenvalue weighted by atomic mass is 127. The van der Waals surface area contributed by atoms with Crippen LogP contribution in [0.25, 0.3) is 6.08 Å². The Hall–Kier alpha value is -0.480. The maximum absolute atomic E-state index is 9.27. The molecule has 0 aliphatic carbocycles. The quantitative estimate of drug-likeness (QED) is 0.557. The molecule has 0 bridgehead atoms. The molecule has 1 aromatic rings. The zero-order chi connectivity index (χ0) is 14.7. The third kappa shape index (κ3) is 5.19. The first-order chi connectivity index (χ1) is 8.65. The molecule has 0 amide bonds. The van der Waals surface area contributed by atoms with Crippen molar-refractivity contribution in [2.24, 2.45) is 5.41 Å². The van der Waals surface area contributed by atoms with Gasteiger partial charge in [-0.1, -0.05) is 43.4 Å². The Labute approximate surface area is 133 Å². The van der Waals surface area contributed by atoms with Gasteiger partial charge in [0.1, 0.15) is 5.82 Å². The number of nitriles is 1. The second kappa shape index (κ2) is 6.31. The van der Waals surface area contributed by atoms with E-state index in [0.717, 1.165) is 11.4 Å². The smallest absolute Gasteiger partial charge is 0.190 e. The molecule has 0 saturated heterocycles. The van der Waals surface area contributed by atoms with Gasteiger partial charge in [-0.15, -0.1) is 11.8 Å². The molecule has 5 heteroatoms. The average Bonchev–Trinajstić information content (AvgIpc) is 2.65. The van der Waals surface area contributed by atoms with Gasteiger partial charge in [0.15, 0.2) is 6.19 Å². The number of imidazole rings is 1. The molecule has 1 heterocycles. The summed E-state index contributed by atoms with van der Waals surface area (Å²) in [6, 6.07) is 0. The predicted molar refractivity (Wildman–Crippen MR) is 91.2 cm³/mol. The summed E-state index contributed by atoms with van der Waals surface area (Å²) in [5.41, 5.74) is 1.23. The number of alkyl halides is 1. The van der Waals surface area contributed by atoms with Gasteiger partial charge in [0.05, 0.1) is 15.3 Å². The monoisotopic (exact) mass is 389 g/mol. The van der Waals surface area contributed by atoms with Crippen molar-refractivity contribution in [1.29, 1.82) is 5.26 Å². The van der Waals surface area contributed by atoms with Gasteiger partial charge < -0.3 is 0 Å². The van der Waals surface area contributed by atoms with E-state index in [-0.39, 0.29) is 3.42 Å². The Bertz CT molecular complexity index is 498. The molecule has 19 heavy (non-hydrogen) atoms. The van der Waals surface area contributed by atoms with Crippen molar-refractivity contribution < 1.29 is 0 Å².